The van der Waals surface area contributed by atoms with Crippen LogP contribution in [0.2, 0.25) is 0 Å². The Balaban J connectivity index is 1.53. The lowest BCUT2D eigenvalue weighted by atomic mass is 10.2. The maximum absolute atomic E-state index is 12.9. The summed E-state index contributed by atoms with van der Waals surface area (Å²) in [6.45, 7) is 7.10. The molecule has 1 aromatic carbocycles. The number of thioether (sulfide) groups is 1. The van der Waals surface area contributed by atoms with E-state index in [4.69, 9.17) is 9.47 Å². The number of ether oxygens (including phenoxy) is 2. The van der Waals surface area contributed by atoms with E-state index in [9.17, 15) is 24.5 Å². The second kappa shape index (κ2) is 10.9. The molecule has 0 aliphatic carbocycles. The van der Waals surface area contributed by atoms with Crippen molar-refractivity contribution in [1.82, 2.24) is 14.5 Å². The van der Waals surface area contributed by atoms with Gasteiger partial charge in [0.2, 0.25) is 5.88 Å². The number of imide groups is 1. The van der Waals surface area contributed by atoms with Gasteiger partial charge in [0.25, 0.3) is 16.8 Å². The van der Waals surface area contributed by atoms with Gasteiger partial charge in [0, 0.05) is 29.2 Å². The predicted octanol–water partition coefficient (Wildman–Crippen LogP) is 5.18. The SMILES string of the molecule is CCOC(=O)C(C)N1C(=O)SC(=Cc2cc(C)n(-c3ccc(Oc4ccc([N+](=O)[O-])cn4)cc3)c2C)C1=O. The number of pyridine rings is 1. The van der Waals surface area contributed by atoms with Gasteiger partial charge in [-0.05, 0) is 81.4 Å². The zero-order chi connectivity index (χ0) is 27.6. The minimum absolute atomic E-state index is 0.125. The summed E-state index contributed by atoms with van der Waals surface area (Å²) >= 11 is 0.787. The highest BCUT2D eigenvalue weighted by Crippen LogP contribution is 2.35. The Hall–Kier alpha value is -4.45. The summed E-state index contributed by atoms with van der Waals surface area (Å²) in [6, 6.07) is 10.8. The minimum atomic E-state index is -1.01. The number of aryl methyl sites for hydroxylation is 1. The van der Waals surface area contributed by atoms with Crippen molar-refractivity contribution in [2.75, 3.05) is 6.61 Å². The van der Waals surface area contributed by atoms with E-state index in [1.807, 2.05) is 36.6 Å². The molecule has 1 fully saturated rings. The van der Waals surface area contributed by atoms with E-state index in [-0.39, 0.29) is 23.1 Å². The first-order chi connectivity index (χ1) is 18.1. The number of nitro groups is 1. The van der Waals surface area contributed by atoms with Gasteiger partial charge in [-0.15, -0.1) is 0 Å². The van der Waals surface area contributed by atoms with Crippen molar-refractivity contribution in [2.45, 2.75) is 33.7 Å². The molecule has 1 saturated heterocycles. The number of nitrogens with zero attached hydrogens (tertiary/aromatic N) is 4. The maximum atomic E-state index is 12.9. The Morgan fingerprint density at radius 2 is 1.89 bits per heavy atom. The van der Waals surface area contributed by atoms with Crippen LogP contribution in [0, 0.1) is 24.0 Å². The van der Waals surface area contributed by atoms with Crippen molar-refractivity contribution in [2.24, 2.45) is 0 Å². The lowest BCUT2D eigenvalue weighted by Crippen LogP contribution is -2.42. The van der Waals surface area contributed by atoms with E-state index in [1.165, 1.54) is 19.1 Å². The van der Waals surface area contributed by atoms with E-state index in [0.29, 0.717) is 5.75 Å². The van der Waals surface area contributed by atoms with Crippen LogP contribution >= 0.6 is 11.8 Å². The van der Waals surface area contributed by atoms with Crippen LogP contribution in [-0.4, -0.2) is 49.1 Å². The van der Waals surface area contributed by atoms with Gasteiger partial charge in [0.15, 0.2) is 0 Å². The van der Waals surface area contributed by atoms with Gasteiger partial charge in [-0.1, -0.05) is 0 Å². The normalized spacial score (nSPS) is 15.2. The smallest absolute Gasteiger partial charge is 0.329 e. The van der Waals surface area contributed by atoms with Crippen LogP contribution in [-0.2, 0) is 14.3 Å². The molecule has 2 aromatic heterocycles. The maximum Gasteiger partial charge on any atom is 0.329 e. The third-order valence-corrected chi connectivity index (χ3v) is 6.73. The fourth-order valence-electron chi connectivity index (χ4n) is 3.98. The second-order valence-corrected chi connectivity index (χ2v) is 9.34. The number of amides is 2. The van der Waals surface area contributed by atoms with Gasteiger partial charge in [0.1, 0.15) is 18.0 Å². The van der Waals surface area contributed by atoms with Gasteiger partial charge in [0.05, 0.1) is 16.4 Å². The van der Waals surface area contributed by atoms with Crippen LogP contribution in [0.3, 0.4) is 0 Å². The standard InChI is InChI=1S/C26H24N4O7S/c1-5-36-25(32)17(4)29-24(31)22(38-26(29)33)13-18-12-15(2)28(16(18)3)19-6-9-21(10-7-19)37-23-11-8-20(14-27-23)30(34)35/h6-14,17H,5H2,1-4H3. The zero-order valence-corrected chi connectivity index (χ0v) is 21.9. The molecule has 196 valence electrons. The predicted molar refractivity (Wildman–Crippen MR) is 140 cm³/mol. The van der Waals surface area contributed by atoms with E-state index < -0.39 is 28.1 Å². The number of rotatable bonds is 8. The van der Waals surface area contributed by atoms with E-state index >= 15 is 0 Å². The third-order valence-electron chi connectivity index (χ3n) is 5.84. The van der Waals surface area contributed by atoms with Crippen molar-refractivity contribution < 1.29 is 28.8 Å². The van der Waals surface area contributed by atoms with Crippen LogP contribution in [0.5, 0.6) is 11.6 Å². The highest BCUT2D eigenvalue weighted by molar-refractivity contribution is 8.18. The number of aromatic nitrogens is 2. The van der Waals surface area contributed by atoms with Crippen LogP contribution in [0.4, 0.5) is 10.5 Å². The molecule has 1 aliphatic rings. The molecule has 12 heteroatoms. The largest absolute Gasteiger partial charge is 0.464 e. The fourth-order valence-corrected chi connectivity index (χ4v) is 4.88. The monoisotopic (exact) mass is 536 g/mol. The van der Waals surface area contributed by atoms with Crippen molar-refractivity contribution in [3.63, 3.8) is 0 Å². The molecule has 11 nitrogen and oxygen atoms in total. The topological polar surface area (TPSA) is 134 Å². The molecular formula is C26H24N4O7S. The van der Waals surface area contributed by atoms with Gasteiger partial charge >= 0.3 is 5.97 Å². The lowest BCUT2D eigenvalue weighted by Gasteiger charge is -2.19. The first kappa shape index (κ1) is 26.6. The number of carbonyl (C=O) groups is 3. The highest BCUT2D eigenvalue weighted by Gasteiger charge is 2.41. The van der Waals surface area contributed by atoms with Crippen LogP contribution < -0.4 is 4.74 Å². The summed E-state index contributed by atoms with van der Waals surface area (Å²) in [4.78, 5) is 52.8. The van der Waals surface area contributed by atoms with E-state index in [2.05, 4.69) is 4.98 Å². The quantitative estimate of drug-likeness (QED) is 0.165. The Bertz CT molecular complexity index is 1450. The molecule has 1 aliphatic heterocycles. The highest BCUT2D eigenvalue weighted by atomic mass is 32.2. The second-order valence-electron chi connectivity index (χ2n) is 8.35. The average molecular weight is 537 g/mol. The molecule has 1 unspecified atom stereocenters. The molecule has 0 radical (unpaired) electrons. The van der Waals surface area contributed by atoms with Gasteiger partial charge < -0.3 is 14.0 Å². The van der Waals surface area contributed by atoms with Crippen molar-refractivity contribution in [3.8, 4) is 17.3 Å². The summed E-state index contributed by atoms with van der Waals surface area (Å²) in [6.07, 6.45) is 2.78. The first-order valence-corrected chi connectivity index (χ1v) is 12.4. The number of hydrogen-bond acceptors (Lipinski definition) is 9. The molecular weight excluding hydrogens is 512 g/mol. The molecule has 0 spiro atoms. The summed E-state index contributed by atoms with van der Waals surface area (Å²) in [5.41, 5.74) is 3.22. The summed E-state index contributed by atoms with van der Waals surface area (Å²) < 4.78 is 12.6. The number of hydrogen-bond donors (Lipinski definition) is 0. The molecule has 0 bridgehead atoms. The molecule has 38 heavy (non-hydrogen) atoms. The molecule has 4 rings (SSSR count). The van der Waals surface area contributed by atoms with Gasteiger partial charge in [-0.3, -0.25) is 24.6 Å². The Morgan fingerprint density at radius 1 is 1.18 bits per heavy atom. The molecule has 1 atom stereocenters. The number of benzene rings is 1. The molecule has 0 saturated carbocycles. The van der Waals surface area contributed by atoms with Crippen LogP contribution in [0.25, 0.3) is 11.8 Å². The summed E-state index contributed by atoms with van der Waals surface area (Å²) in [5.74, 6) is -0.440. The fraction of sp³-hybridized carbons (Fsp3) is 0.231. The number of esters is 1. The Morgan fingerprint density at radius 3 is 2.50 bits per heavy atom. The van der Waals surface area contributed by atoms with E-state index in [0.717, 1.165) is 45.5 Å². The van der Waals surface area contributed by atoms with Crippen LogP contribution in [0.1, 0.15) is 30.8 Å². The van der Waals surface area contributed by atoms with Crippen molar-refractivity contribution in [3.05, 3.63) is 80.6 Å². The van der Waals surface area contributed by atoms with E-state index in [1.54, 1.807) is 25.1 Å². The first-order valence-electron chi connectivity index (χ1n) is 11.6. The molecule has 2 amide bonds. The summed E-state index contributed by atoms with van der Waals surface area (Å²) in [5, 5.41) is 10.3. The Labute approximate surface area is 222 Å². The lowest BCUT2D eigenvalue weighted by molar-refractivity contribution is -0.385. The Kier molecular flexibility index (Phi) is 7.62. The molecule has 3 heterocycles. The summed E-state index contributed by atoms with van der Waals surface area (Å²) in [7, 11) is 0. The van der Waals surface area contributed by atoms with Crippen molar-refractivity contribution >= 4 is 40.6 Å². The molecule has 0 N–H and O–H groups in total. The van der Waals surface area contributed by atoms with Crippen molar-refractivity contribution in [1.29, 1.82) is 0 Å². The number of carbonyl (C=O) groups excluding carboxylic acids is 3. The third kappa shape index (κ3) is 5.30. The minimum Gasteiger partial charge on any atom is -0.464 e. The van der Waals surface area contributed by atoms with Crippen LogP contribution in [0.15, 0.2) is 53.6 Å². The molecule has 3 aromatic rings. The van der Waals surface area contributed by atoms with Gasteiger partial charge in [-0.2, -0.15) is 0 Å². The zero-order valence-electron chi connectivity index (χ0n) is 21.0. The van der Waals surface area contributed by atoms with Gasteiger partial charge in [-0.25, -0.2) is 9.78 Å². The average Bonchev–Trinajstić information content (AvgIpc) is 3.32.